The Balaban J connectivity index is 2.19. The smallest absolute Gasteiger partial charge is 0.397 e. The van der Waals surface area contributed by atoms with Crippen LogP contribution >= 0.6 is 0 Å². The molecule has 0 radical (unpaired) electrons. The van der Waals surface area contributed by atoms with Crippen LogP contribution in [-0.4, -0.2) is 64.8 Å². The summed E-state index contributed by atoms with van der Waals surface area (Å²) in [6, 6.07) is 6.91. The van der Waals surface area contributed by atoms with E-state index in [0.717, 1.165) is 18.2 Å². The van der Waals surface area contributed by atoms with Gasteiger partial charge in [-0.2, -0.15) is 25.3 Å². The van der Waals surface area contributed by atoms with E-state index in [0.29, 0.717) is 12.1 Å². The minimum atomic E-state index is -5.12. The predicted molar refractivity (Wildman–Crippen MR) is 130 cm³/mol. The molecule has 16 nitrogen and oxygen atoms in total. The second kappa shape index (κ2) is 10.1. The van der Waals surface area contributed by atoms with Crippen LogP contribution in [0.2, 0.25) is 0 Å². The Hall–Kier alpha value is -3.24. The molecule has 0 aliphatic heterocycles. The number of nitrogens with zero attached hydrogens (tertiary/aromatic N) is 2. The highest BCUT2D eigenvalue weighted by molar-refractivity contribution is 7.91. The predicted octanol–water partition coefficient (Wildman–Crippen LogP) is 1.63. The molecule has 0 atom stereocenters. The number of rotatable bonds is 9. The molecule has 0 amide bonds. The molecule has 206 valence electrons. The zero-order valence-corrected chi connectivity index (χ0v) is 21.8. The lowest BCUT2D eigenvalue weighted by atomic mass is 10.1. The van der Waals surface area contributed by atoms with Gasteiger partial charge < -0.3 is 10.8 Å². The molecule has 3 rings (SSSR count). The van der Waals surface area contributed by atoms with Crippen LogP contribution < -0.4 is 5.73 Å². The highest BCUT2D eigenvalue weighted by Gasteiger charge is 2.25. The van der Waals surface area contributed by atoms with Gasteiger partial charge in [0.15, 0.2) is 9.84 Å². The number of phenolic OH excluding ortho intramolecular Hbond substituents is 1. The molecule has 0 aliphatic rings. The maximum atomic E-state index is 12.7. The van der Waals surface area contributed by atoms with Crippen molar-refractivity contribution in [3.05, 3.63) is 42.5 Å². The Bertz CT molecular complexity index is 1900. The summed E-state index contributed by atoms with van der Waals surface area (Å²) in [5.74, 6) is -1.73. The summed E-state index contributed by atoms with van der Waals surface area (Å²) in [6.45, 7) is -0.942. The summed E-state index contributed by atoms with van der Waals surface area (Å²) in [7, 11) is -19.2. The van der Waals surface area contributed by atoms with Crippen LogP contribution in [0.15, 0.2) is 67.4 Å². The van der Waals surface area contributed by atoms with E-state index >= 15 is 0 Å². The van der Waals surface area contributed by atoms with Crippen LogP contribution in [0.25, 0.3) is 10.8 Å². The van der Waals surface area contributed by atoms with Gasteiger partial charge in [0.1, 0.15) is 22.0 Å². The van der Waals surface area contributed by atoms with Crippen LogP contribution in [-0.2, 0) is 44.7 Å². The number of nitrogens with two attached hydrogens (primary N) is 1. The quantitative estimate of drug-likeness (QED) is 0.131. The Labute approximate surface area is 215 Å². The molecule has 0 bridgehead atoms. The molecule has 0 saturated heterocycles. The standard InChI is InChI=1S/C18H17N3O13S4/c19-17-16-10(7-11(9-13(16)22)36(25,26)27)8-15(37(28,29)30)18(17)21-20-12-3-1-2-4-14(12)35(23,24)6-5-34-38(31,32)33/h1-4,7-9,22H,5-6,19H2,(H,25,26,27)(H,28,29,30)(H,31,32,33). The van der Waals surface area contributed by atoms with Gasteiger partial charge in [-0.3, -0.25) is 13.7 Å². The maximum absolute atomic E-state index is 12.7. The number of nitrogen functional groups attached to an aromatic ring is 1. The van der Waals surface area contributed by atoms with Crippen LogP contribution in [0.1, 0.15) is 0 Å². The second-order valence-corrected chi connectivity index (χ2v) is 13.3. The molecule has 0 unspecified atom stereocenters. The Morgan fingerprint density at radius 1 is 0.816 bits per heavy atom. The van der Waals surface area contributed by atoms with Gasteiger partial charge in [-0.15, -0.1) is 10.2 Å². The van der Waals surface area contributed by atoms with Gasteiger partial charge in [0, 0.05) is 11.5 Å². The molecule has 38 heavy (non-hydrogen) atoms. The molecule has 0 aromatic heterocycles. The molecular weight excluding hydrogens is 594 g/mol. The average molecular weight is 612 g/mol. The van der Waals surface area contributed by atoms with Crippen LogP contribution in [0.5, 0.6) is 5.75 Å². The van der Waals surface area contributed by atoms with Gasteiger partial charge in [-0.05, 0) is 29.7 Å². The average Bonchev–Trinajstić information content (AvgIpc) is 2.75. The molecule has 3 aromatic carbocycles. The summed E-state index contributed by atoms with van der Waals surface area (Å²) >= 11 is 0. The van der Waals surface area contributed by atoms with Crippen molar-refractivity contribution in [3.8, 4) is 5.75 Å². The summed E-state index contributed by atoms with van der Waals surface area (Å²) in [5.41, 5.74) is 4.21. The van der Waals surface area contributed by atoms with E-state index in [2.05, 4.69) is 14.4 Å². The number of azo groups is 1. The van der Waals surface area contributed by atoms with Gasteiger partial charge >= 0.3 is 10.4 Å². The van der Waals surface area contributed by atoms with Crippen molar-refractivity contribution < 1.29 is 56.6 Å². The number of aromatic hydroxyl groups is 1. The van der Waals surface area contributed by atoms with Crippen molar-refractivity contribution in [2.75, 3.05) is 18.1 Å². The van der Waals surface area contributed by atoms with E-state index in [4.69, 9.17) is 10.3 Å². The van der Waals surface area contributed by atoms with Gasteiger partial charge in [0.05, 0.1) is 27.8 Å². The first kappa shape index (κ1) is 29.3. The third-order valence-electron chi connectivity index (χ3n) is 4.78. The van der Waals surface area contributed by atoms with E-state index in [-0.39, 0.29) is 16.5 Å². The van der Waals surface area contributed by atoms with Crippen LogP contribution in [0, 0.1) is 0 Å². The minimum Gasteiger partial charge on any atom is -0.507 e. The topological polar surface area (TPSA) is 277 Å². The lowest BCUT2D eigenvalue weighted by molar-refractivity contribution is 0.284. The molecule has 0 saturated carbocycles. The number of fused-ring (bicyclic) bond motifs is 1. The molecule has 0 aliphatic carbocycles. The van der Waals surface area contributed by atoms with Crippen molar-refractivity contribution in [3.63, 3.8) is 0 Å². The zero-order valence-electron chi connectivity index (χ0n) is 18.5. The van der Waals surface area contributed by atoms with Gasteiger partial charge in [0.2, 0.25) is 0 Å². The fourth-order valence-electron chi connectivity index (χ4n) is 3.20. The fourth-order valence-corrected chi connectivity index (χ4v) is 6.05. The van der Waals surface area contributed by atoms with E-state index in [1.54, 1.807) is 0 Å². The van der Waals surface area contributed by atoms with E-state index in [9.17, 15) is 47.9 Å². The summed E-state index contributed by atoms with van der Waals surface area (Å²) in [5, 5.41) is 17.0. The highest BCUT2D eigenvalue weighted by Crippen LogP contribution is 2.43. The fraction of sp³-hybridized carbons (Fsp3) is 0.111. The molecule has 0 heterocycles. The highest BCUT2D eigenvalue weighted by atomic mass is 32.3. The minimum absolute atomic E-state index is 0.330. The van der Waals surface area contributed by atoms with Gasteiger partial charge in [-0.1, -0.05) is 12.1 Å². The lowest BCUT2D eigenvalue weighted by Crippen LogP contribution is -2.15. The number of hydrogen-bond acceptors (Lipinski definition) is 13. The maximum Gasteiger partial charge on any atom is 0.397 e. The lowest BCUT2D eigenvalue weighted by Gasteiger charge is -2.12. The van der Waals surface area contributed by atoms with E-state index < -0.39 is 84.6 Å². The van der Waals surface area contributed by atoms with Crippen LogP contribution in [0.4, 0.5) is 17.1 Å². The van der Waals surface area contributed by atoms with Crippen LogP contribution in [0.3, 0.4) is 0 Å². The first-order valence-electron chi connectivity index (χ1n) is 9.71. The number of benzene rings is 3. The number of anilines is 1. The Morgan fingerprint density at radius 3 is 2.03 bits per heavy atom. The third kappa shape index (κ3) is 6.60. The van der Waals surface area contributed by atoms with Crippen molar-refractivity contribution in [2.45, 2.75) is 14.7 Å². The zero-order chi connectivity index (χ0) is 28.7. The van der Waals surface area contributed by atoms with E-state index in [1.165, 1.54) is 12.1 Å². The third-order valence-corrected chi connectivity index (χ3v) is 8.67. The van der Waals surface area contributed by atoms with Crippen molar-refractivity contribution in [1.29, 1.82) is 0 Å². The van der Waals surface area contributed by atoms with E-state index in [1.807, 2.05) is 0 Å². The molecule has 6 N–H and O–H groups in total. The first-order chi connectivity index (χ1) is 17.3. The van der Waals surface area contributed by atoms with Gasteiger partial charge in [0.25, 0.3) is 20.2 Å². The number of phenols is 1. The Morgan fingerprint density at radius 2 is 1.45 bits per heavy atom. The van der Waals surface area contributed by atoms with Crippen molar-refractivity contribution >= 4 is 68.3 Å². The number of hydrogen-bond donors (Lipinski definition) is 5. The second-order valence-electron chi connectivity index (χ2n) is 7.36. The molecule has 0 spiro atoms. The first-order valence-corrected chi connectivity index (χ1v) is 15.6. The molecule has 20 heteroatoms. The summed E-state index contributed by atoms with van der Waals surface area (Å²) in [4.78, 5) is -2.31. The van der Waals surface area contributed by atoms with Crippen molar-refractivity contribution in [2.24, 2.45) is 10.2 Å². The molecule has 3 aromatic rings. The monoisotopic (exact) mass is 611 g/mol. The van der Waals surface area contributed by atoms with Gasteiger partial charge in [-0.25, -0.2) is 12.6 Å². The molecule has 0 fully saturated rings. The Kier molecular flexibility index (Phi) is 7.83. The van der Waals surface area contributed by atoms with Crippen molar-refractivity contribution in [1.82, 2.24) is 0 Å². The summed E-state index contributed by atoms with van der Waals surface area (Å²) < 4.78 is 125. The molecular formula is C18H17N3O13S4. The SMILES string of the molecule is Nc1c(N=Nc2ccccc2S(=O)(=O)CCOS(=O)(=O)O)c(S(=O)(=O)O)cc2cc(S(=O)(=O)O)cc(O)c12. The largest absolute Gasteiger partial charge is 0.507 e. The normalized spacial score (nSPS) is 13.3. The number of sulfone groups is 1. The summed E-state index contributed by atoms with van der Waals surface area (Å²) in [6.07, 6.45) is 0.